The van der Waals surface area contributed by atoms with Crippen molar-refractivity contribution >= 4 is 33.5 Å². The molecular weight excluding hydrogens is 284 g/mol. The molecule has 7 heteroatoms. The van der Waals surface area contributed by atoms with E-state index in [0.717, 1.165) is 5.03 Å². The number of carbonyl (C=O) groups is 2. The number of nitrogens with one attached hydrogen (secondary N) is 1. The number of aliphatic carboxylic acids is 1. The average Bonchev–Trinajstić information content (AvgIpc) is 2.41. The summed E-state index contributed by atoms with van der Waals surface area (Å²) >= 11 is 0. The van der Waals surface area contributed by atoms with Crippen LogP contribution in [0.4, 0.5) is 0 Å². The molecule has 0 aliphatic rings. The first-order valence-electron chi connectivity index (χ1n) is 5.87. The van der Waals surface area contributed by atoms with Crippen LogP contribution in [-0.2, 0) is 9.59 Å². The first-order chi connectivity index (χ1) is 9.18. The van der Waals surface area contributed by atoms with E-state index >= 15 is 0 Å². The Morgan fingerprint density at radius 3 is 2.84 bits per heavy atom. The molecule has 1 heterocycles. The van der Waals surface area contributed by atoms with Gasteiger partial charge in [0.05, 0.1) is 0 Å². The third-order valence-electron chi connectivity index (χ3n) is 2.08. The Labute approximate surface area is 120 Å². The van der Waals surface area contributed by atoms with Crippen LogP contribution in [0.5, 0.6) is 0 Å². The van der Waals surface area contributed by atoms with Crippen LogP contribution in [0, 0.1) is 0 Å². The third-order valence-corrected chi connectivity index (χ3v) is 4.35. The number of carboxylic acid groups (broad SMARTS) is 1. The Bertz CT molecular complexity index is 401. The lowest BCUT2D eigenvalue weighted by atomic mass is 10.3. The van der Waals surface area contributed by atoms with E-state index in [0.29, 0.717) is 25.1 Å². The first-order valence-corrected chi connectivity index (χ1v) is 8.19. The van der Waals surface area contributed by atoms with Gasteiger partial charge in [0.2, 0.25) is 5.91 Å². The summed E-state index contributed by atoms with van der Waals surface area (Å²) in [5.41, 5.74) is 0. The number of hydrogen-bond donors (Lipinski definition) is 2. The monoisotopic (exact) mass is 300 g/mol. The van der Waals surface area contributed by atoms with Gasteiger partial charge in [0, 0.05) is 31.3 Å². The van der Waals surface area contributed by atoms with Crippen LogP contribution >= 0.6 is 21.6 Å². The summed E-state index contributed by atoms with van der Waals surface area (Å²) < 4.78 is 0. The van der Waals surface area contributed by atoms with E-state index < -0.39 is 5.97 Å². The van der Waals surface area contributed by atoms with E-state index in [1.165, 1.54) is 0 Å². The van der Waals surface area contributed by atoms with Crippen molar-refractivity contribution in [3.8, 4) is 0 Å². The predicted octanol–water partition coefficient (Wildman–Crippen LogP) is 2.19. The highest BCUT2D eigenvalue weighted by molar-refractivity contribution is 8.76. The summed E-state index contributed by atoms with van der Waals surface area (Å²) in [5, 5.41) is 12.1. The number of rotatable bonds is 9. The van der Waals surface area contributed by atoms with Gasteiger partial charge in [-0.15, -0.1) is 0 Å². The second-order valence-corrected chi connectivity index (χ2v) is 6.11. The van der Waals surface area contributed by atoms with E-state index in [-0.39, 0.29) is 12.3 Å². The molecule has 0 spiro atoms. The molecule has 1 amide bonds. The molecule has 0 radical (unpaired) electrons. The second kappa shape index (κ2) is 9.69. The molecular formula is C12H16N2O3S2. The minimum absolute atomic E-state index is 0.0421. The highest BCUT2D eigenvalue weighted by Crippen LogP contribution is 2.29. The lowest BCUT2D eigenvalue weighted by Crippen LogP contribution is -2.25. The molecule has 104 valence electrons. The van der Waals surface area contributed by atoms with Crippen LogP contribution in [0.3, 0.4) is 0 Å². The van der Waals surface area contributed by atoms with Gasteiger partial charge in [0.1, 0.15) is 5.03 Å². The molecule has 0 aliphatic carbocycles. The van der Waals surface area contributed by atoms with Crippen LogP contribution < -0.4 is 5.32 Å². The van der Waals surface area contributed by atoms with Crippen LogP contribution in [0.1, 0.15) is 19.3 Å². The molecule has 0 saturated carbocycles. The minimum Gasteiger partial charge on any atom is -0.481 e. The predicted molar refractivity (Wildman–Crippen MR) is 77.0 cm³/mol. The molecule has 0 saturated heterocycles. The van der Waals surface area contributed by atoms with Crippen LogP contribution in [0.15, 0.2) is 29.4 Å². The van der Waals surface area contributed by atoms with Crippen molar-refractivity contribution in [2.24, 2.45) is 0 Å². The molecule has 2 N–H and O–H groups in total. The minimum atomic E-state index is -0.837. The molecule has 1 aromatic heterocycles. The summed E-state index contributed by atoms with van der Waals surface area (Å²) in [7, 11) is 3.12. The Morgan fingerprint density at radius 2 is 2.16 bits per heavy atom. The van der Waals surface area contributed by atoms with Crippen LogP contribution in [0.2, 0.25) is 0 Å². The molecule has 0 unspecified atom stereocenters. The topological polar surface area (TPSA) is 79.3 Å². The van der Waals surface area contributed by atoms with E-state index in [9.17, 15) is 9.59 Å². The number of carbonyl (C=O) groups excluding carboxylic acids is 1. The van der Waals surface area contributed by atoms with Gasteiger partial charge in [-0.05, 0) is 29.3 Å². The molecule has 19 heavy (non-hydrogen) atoms. The van der Waals surface area contributed by atoms with Crippen molar-refractivity contribution in [1.29, 1.82) is 0 Å². The zero-order chi connectivity index (χ0) is 13.9. The van der Waals surface area contributed by atoms with Crippen molar-refractivity contribution < 1.29 is 14.7 Å². The SMILES string of the molecule is O=C(O)CCCNC(=O)CCSSc1ccccn1. The van der Waals surface area contributed by atoms with Gasteiger partial charge in [-0.2, -0.15) is 0 Å². The summed E-state index contributed by atoms with van der Waals surface area (Å²) in [5.74, 6) is -0.178. The number of pyridine rings is 1. The van der Waals surface area contributed by atoms with Crippen molar-refractivity contribution in [3.63, 3.8) is 0 Å². The highest BCUT2D eigenvalue weighted by Gasteiger charge is 2.03. The zero-order valence-corrected chi connectivity index (χ0v) is 12.0. The molecule has 0 aliphatic heterocycles. The number of nitrogens with zero attached hydrogens (tertiary/aromatic N) is 1. The molecule has 0 atom stereocenters. The third kappa shape index (κ3) is 8.50. The van der Waals surface area contributed by atoms with Crippen molar-refractivity contribution in [1.82, 2.24) is 10.3 Å². The summed E-state index contributed by atoms with van der Waals surface area (Å²) in [4.78, 5) is 25.8. The lowest BCUT2D eigenvalue weighted by Gasteiger charge is -2.03. The van der Waals surface area contributed by atoms with Gasteiger partial charge < -0.3 is 10.4 Å². The number of amides is 1. The van der Waals surface area contributed by atoms with Gasteiger partial charge in [-0.25, -0.2) is 4.98 Å². The maximum absolute atomic E-state index is 11.4. The van der Waals surface area contributed by atoms with Crippen molar-refractivity contribution in [2.75, 3.05) is 12.3 Å². The molecule has 1 rings (SSSR count). The van der Waals surface area contributed by atoms with E-state index in [2.05, 4.69) is 10.3 Å². The van der Waals surface area contributed by atoms with Crippen LogP contribution in [-0.4, -0.2) is 34.3 Å². The fraction of sp³-hybridized carbons (Fsp3) is 0.417. The molecule has 5 nitrogen and oxygen atoms in total. The normalized spacial score (nSPS) is 10.1. The van der Waals surface area contributed by atoms with E-state index in [1.54, 1.807) is 27.8 Å². The fourth-order valence-electron chi connectivity index (χ4n) is 1.19. The first kappa shape index (κ1) is 15.8. The van der Waals surface area contributed by atoms with Gasteiger partial charge >= 0.3 is 5.97 Å². The maximum Gasteiger partial charge on any atom is 0.303 e. The van der Waals surface area contributed by atoms with Gasteiger partial charge in [0.15, 0.2) is 0 Å². The fourth-order valence-corrected chi connectivity index (χ4v) is 3.06. The van der Waals surface area contributed by atoms with E-state index in [4.69, 9.17) is 5.11 Å². The van der Waals surface area contributed by atoms with Gasteiger partial charge in [0.25, 0.3) is 0 Å². The molecule has 0 bridgehead atoms. The molecule has 0 aromatic carbocycles. The van der Waals surface area contributed by atoms with Crippen molar-refractivity contribution in [3.05, 3.63) is 24.4 Å². The summed E-state index contributed by atoms with van der Waals surface area (Å²) in [6.45, 7) is 0.420. The summed E-state index contributed by atoms with van der Waals surface area (Å²) in [6, 6.07) is 5.70. The molecule has 1 aromatic rings. The average molecular weight is 300 g/mol. The summed E-state index contributed by atoms with van der Waals surface area (Å²) in [6.07, 6.45) is 2.72. The Kier molecular flexibility index (Phi) is 8.08. The van der Waals surface area contributed by atoms with Gasteiger partial charge in [-0.1, -0.05) is 16.9 Å². The van der Waals surface area contributed by atoms with E-state index in [1.807, 2.05) is 18.2 Å². The zero-order valence-electron chi connectivity index (χ0n) is 10.4. The highest BCUT2D eigenvalue weighted by atomic mass is 33.1. The number of carboxylic acids is 1. The Morgan fingerprint density at radius 1 is 1.32 bits per heavy atom. The smallest absolute Gasteiger partial charge is 0.303 e. The Balaban J connectivity index is 2.00. The Hall–Kier alpha value is -1.21. The largest absolute Gasteiger partial charge is 0.481 e. The molecule has 0 fully saturated rings. The maximum atomic E-state index is 11.4. The quantitative estimate of drug-likeness (QED) is 0.537. The van der Waals surface area contributed by atoms with Crippen LogP contribution in [0.25, 0.3) is 0 Å². The number of hydrogen-bond acceptors (Lipinski definition) is 5. The number of aromatic nitrogens is 1. The van der Waals surface area contributed by atoms with Crippen molar-refractivity contribution in [2.45, 2.75) is 24.3 Å². The lowest BCUT2D eigenvalue weighted by molar-refractivity contribution is -0.137. The standard InChI is InChI=1S/C12H16N2O3S2/c15-10(13-8-3-5-12(16)17)6-9-18-19-11-4-1-2-7-14-11/h1-2,4,7H,3,5-6,8-9H2,(H,13,15)(H,16,17). The second-order valence-electron chi connectivity index (χ2n) is 3.67. The van der Waals surface area contributed by atoms with Gasteiger partial charge in [-0.3, -0.25) is 9.59 Å².